The molecule has 144 valence electrons. The summed E-state index contributed by atoms with van der Waals surface area (Å²) in [5, 5.41) is 4.23. The van der Waals surface area contributed by atoms with E-state index in [4.69, 9.17) is 21.7 Å². The van der Waals surface area contributed by atoms with Crippen molar-refractivity contribution in [2.24, 2.45) is 0 Å². The molecule has 6 nitrogen and oxygen atoms in total. The Morgan fingerprint density at radius 2 is 2.26 bits per heavy atom. The first-order chi connectivity index (χ1) is 13.3. The van der Waals surface area contributed by atoms with Crippen LogP contribution in [0.3, 0.4) is 0 Å². The summed E-state index contributed by atoms with van der Waals surface area (Å²) < 4.78 is 13.5. The van der Waals surface area contributed by atoms with Gasteiger partial charge in [-0.1, -0.05) is 6.07 Å². The van der Waals surface area contributed by atoms with Crippen molar-refractivity contribution in [3.8, 4) is 0 Å². The molecule has 4 rings (SSSR count). The van der Waals surface area contributed by atoms with Crippen molar-refractivity contribution in [3.05, 3.63) is 54.1 Å². The quantitative estimate of drug-likeness (QED) is 0.739. The fourth-order valence-corrected chi connectivity index (χ4v) is 4.36. The molecule has 0 saturated carbocycles. The highest BCUT2D eigenvalue weighted by Crippen LogP contribution is 2.38. The standard InChI is InChI=1S/C20H26N4O2S/c1-25-13-11-24-19(18(22-20(24)27)16-7-2-3-9-21-16)17-8-4-10-23(17)14-15-6-5-12-26-15/h2-4,7-10,15,18-19H,5-6,11-14H2,1H3,(H,22,27)/t15-,18+,19+/m0/s1. The van der Waals surface area contributed by atoms with E-state index >= 15 is 0 Å². The lowest BCUT2D eigenvalue weighted by Crippen LogP contribution is -2.33. The fraction of sp³-hybridized carbons (Fsp3) is 0.500. The maximum Gasteiger partial charge on any atom is 0.170 e. The third-order valence-electron chi connectivity index (χ3n) is 5.33. The van der Waals surface area contributed by atoms with E-state index in [9.17, 15) is 0 Å². The number of nitrogens with zero attached hydrogens (tertiary/aromatic N) is 3. The Morgan fingerprint density at radius 3 is 3.00 bits per heavy atom. The molecule has 2 aliphatic rings. The third-order valence-corrected chi connectivity index (χ3v) is 5.68. The van der Waals surface area contributed by atoms with Crippen molar-refractivity contribution in [1.82, 2.24) is 19.8 Å². The van der Waals surface area contributed by atoms with Gasteiger partial charge in [-0.2, -0.15) is 0 Å². The summed E-state index contributed by atoms with van der Waals surface area (Å²) in [5.41, 5.74) is 2.22. The van der Waals surface area contributed by atoms with E-state index in [2.05, 4.69) is 44.2 Å². The zero-order valence-electron chi connectivity index (χ0n) is 15.6. The molecule has 3 atom stereocenters. The monoisotopic (exact) mass is 386 g/mol. The molecule has 0 aromatic carbocycles. The van der Waals surface area contributed by atoms with Gasteiger partial charge in [-0.15, -0.1) is 0 Å². The predicted octanol–water partition coefficient (Wildman–Crippen LogP) is 2.68. The van der Waals surface area contributed by atoms with Crippen LogP contribution in [0, 0.1) is 0 Å². The first-order valence-corrected chi connectivity index (χ1v) is 9.92. The van der Waals surface area contributed by atoms with Crippen LogP contribution in [0.4, 0.5) is 0 Å². The van der Waals surface area contributed by atoms with Crippen LogP contribution in [0.15, 0.2) is 42.7 Å². The van der Waals surface area contributed by atoms with E-state index < -0.39 is 0 Å². The number of pyridine rings is 1. The lowest BCUT2D eigenvalue weighted by Gasteiger charge is -2.29. The van der Waals surface area contributed by atoms with Crippen molar-refractivity contribution >= 4 is 17.3 Å². The van der Waals surface area contributed by atoms with Crippen molar-refractivity contribution < 1.29 is 9.47 Å². The molecular formula is C20H26N4O2S. The van der Waals surface area contributed by atoms with E-state index in [0.717, 1.165) is 43.3 Å². The molecule has 7 heteroatoms. The molecule has 0 amide bonds. The Labute approximate surface area is 165 Å². The van der Waals surface area contributed by atoms with Gasteiger partial charge in [0.05, 0.1) is 30.5 Å². The largest absolute Gasteiger partial charge is 0.383 e. The topological polar surface area (TPSA) is 51.5 Å². The number of thiocarbonyl (C=S) groups is 1. The molecule has 1 N–H and O–H groups in total. The first-order valence-electron chi connectivity index (χ1n) is 9.51. The second-order valence-corrected chi connectivity index (χ2v) is 7.42. The normalized spacial score (nSPS) is 25.1. The number of hydrogen-bond acceptors (Lipinski definition) is 4. The van der Waals surface area contributed by atoms with Crippen molar-refractivity contribution in [1.29, 1.82) is 0 Å². The number of rotatable bonds is 7. The average molecular weight is 387 g/mol. The smallest absolute Gasteiger partial charge is 0.170 e. The zero-order valence-corrected chi connectivity index (χ0v) is 16.4. The number of methoxy groups -OCH3 is 1. The van der Waals surface area contributed by atoms with Crippen molar-refractivity contribution in [2.45, 2.75) is 37.6 Å². The molecule has 0 spiro atoms. The van der Waals surface area contributed by atoms with Crippen LogP contribution in [0.1, 0.15) is 36.3 Å². The Hall–Kier alpha value is -1.96. The molecule has 2 saturated heterocycles. The predicted molar refractivity (Wildman–Crippen MR) is 107 cm³/mol. The lowest BCUT2D eigenvalue weighted by atomic mass is 10.0. The lowest BCUT2D eigenvalue weighted by molar-refractivity contribution is 0.0949. The van der Waals surface area contributed by atoms with Crippen LogP contribution in [0.2, 0.25) is 0 Å². The van der Waals surface area contributed by atoms with Crippen LogP contribution in [0.5, 0.6) is 0 Å². The SMILES string of the molecule is COCCN1C(=S)N[C@H](c2ccccn2)[C@H]1c1cccn1C[C@@H]1CCCO1. The van der Waals surface area contributed by atoms with Gasteiger partial charge in [0, 0.05) is 44.9 Å². The number of ether oxygens (including phenoxy) is 2. The Morgan fingerprint density at radius 1 is 1.33 bits per heavy atom. The van der Waals surface area contributed by atoms with Gasteiger partial charge in [-0.3, -0.25) is 4.98 Å². The van der Waals surface area contributed by atoms with Gasteiger partial charge in [0.2, 0.25) is 0 Å². The Bertz CT molecular complexity index is 760. The molecule has 0 unspecified atom stereocenters. The molecule has 0 bridgehead atoms. The number of nitrogens with one attached hydrogen (secondary N) is 1. The molecule has 4 heterocycles. The maximum atomic E-state index is 5.86. The minimum Gasteiger partial charge on any atom is -0.383 e. The molecule has 0 radical (unpaired) electrons. The van der Waals surface area contributed by atoms with Gasteiger partial charge in [0.1, 0.15) is 0 Å². The van der Waals surface area contributed by atoms with Gasteiger partial charge in [-0.05, 0) is 49.3 Å². The minimum absolute atomic E-state index is 0.00806. The van der Waals surface area contributed by atoms with Gasteiger partial charge in [0.25, 0.3) is 0 Å². The highest BCUT2D eigenvalue weighted by atomic mass is 32.1. The molecular weight excluding hydrogens is 360 g/mol. The summed E-state index contributed by atoms with van der Waals surface area (Å²) in [5.74, 6) is 0. The van der Waals surface area contributed by atoms with Crippen LogP contribution in [0.25, 0.3) is 0 Å². The van der Waals surface area contributed by atoms with Crippen LogP contribution in [-0.2, 0) is 16.0 Å². The first kappa shape index (κ1) is 18.4. The van der Waals surface area contributed by atoms with E-state index in [1.54, 1.807) is 7.11 Å². The number of hydrogen-bond donors (Lipinski definition) is 1. The summed E-state index contributed by atoms with van der Waals surface area (Å²) in [7, 11) is 1.72. The Balaban J connectivity index is 1.66. The van der Waals surface area contributed by atoms with Crippen molar-refractivity contribution in [3.63, 3.8) is 0 Å². The molecule has 0 aliphatic carbocycles. The molecule has 27 heavy (non-hydrogen) atoms. The average Bonchev–Trinajstić information content (AvgIpc) is 3.42. The van der Waals surface area contributed by atoms with E-state index in [-0.39, 0.29) is 18.2 Å². The summed E-state index contributed by atoms with van der Waals surface area (Å²) in [6.45, 7) is 3.10. The third kappa shape index (κ3) is 3.85. The van der Waals surface area contributed by atoms with Crippen LogP contribution < -0.4 is 5.32 Å². The number of aromatic nitrogens is 2. The minimum atomic E-state index is 0.00806. The maximum absolute atomic E-state index is 5.86. The van der Waals surface area contributed by atoms with Gasteiger partial charge < -0.3 is 24.3 Å². The van der Waals surface area contributed by atoms with Gasteiger partial charge >= 0.3 is 0 Å². The van der Waals surface area contributed by atoms with E-state index in [0.29, 0.717) is 6.61 Å². The summed E-state index contributed by atoms with van der Waals surface area (Å²) in [4.78, 5) is 6.81. The van der Waals surface area contributed by atoms with Gasteiger partial charge in [0.15, 0.2) is 5.11 Å². The summed E-state index contributed by atoms with van der Waals surface area (Å²) in [6, 6.07) is 10.4. The second kappa shape index (κ2) is 8.37. The van der Waals surface area contributed by atoms with Gasteiger partial charge in [-0.25, -0.2) is 0 Å². The summed E-state index contributed by atoms with van der Waals surface area (Å²) in [6.07, 6.45) is 6.53. The second-order valence-electron chi connectivity index (χ2n) is 7.03. The molecule has 2 aromatic rings. The van der Waals surface area contributed by atoms with E-state index in [1.165, 1.54) is 5.69 Å². The van der Waals surface area contributed by atoms with Crippen LogP contribution >= 0.6 is 12.2 Å². The molecule has 2 aromatic heterocycles. The van der Waals surface area contributed by atoms with Crippen molar-refractivity contribution in [2.75, 3.05) is 26.9 Å². The van der Waals surface area contributed by atoms with E-state index in [1.807, 2.05) is 18.3 Å². The molecule has 2 fully saturated rings. The highest BCUT2D eigenvalue weighted by Gasteiger charge is 2.41. The molecule has 2 aliphatic heterocycles. The zero-order chi connectivity index (χ0) is 18.6. The highest BCUT2D eigenvalue weighted by molar-refractivity contribution is 7.80. The summed E-state index contributed by atoms with van der Waals surface area (Å²) >= 11 is 5.67. The van der Waals surface area contributed by atoms with Crippen LogP contribution in [-0.4, -0.2) is 52.5 Å². The fourth-order valence-electron chi connectivity index (χ4n) is 4.03. The Kier molecular flexibility index (Phi) is 5.71.